The van der Waals surface area contributed by atoms with Crippen LogP contribution in [-0.2, 0) is 64.0 Å². The number of hydrogen-bond acceptors (Lipinski definition) is 15. The first-order valence-electron chi connectivity index (χ1n) is 17.6. The zero-order chi connectivity index (χ0) is 41.9. The first-order chi connectivity index (χ1) is 27.5. The molecule has 3 amide bonds. The Labute approximate surface area is 329 Å². The first kappa shape index (κ1) is 40.8. The molecule has 0 radical (unpaired) electrons. The molecule has 3 fully saturated rings. The summed E-state index contributed by atoms with van der Waals surface area (Å²) < 4.78 is 28.4. The van der Waals surface area contributed by atoms with Crippen molar-refractivity contribution in [3.05, 3.63) is 120 Å². The van der Waals surface area contributed by atoms with Crippen LogP contribution in [0.5, 0.6) is 0 Å². The monoisotopic (exact) mass is 822 g/mol. The minimum atomic E-state index is -1.77. The number of carbonyl (C=O) groups excluding carboxylic acids is 5. The molecule has 3 aromatic rings. The molecule has 304 valence electrons. The highest BCUT2D eigenvalue weighted by atomic mass is 32.2. The van der Waals surface area contributed by atoms with Crippen molar-refractivity contribution >= 4 is 57.7 Å². The summed E-state index contributed by atoms with van der Waals surface area (Å²) in [5.74, 6) is -2.98. The second kappa shape index (κ2) is 16.3. The number of ether oxygens (including phenoxy) is 3. The molecule has 21 nitrogen and oxygen atoms in total. The second-order valence-electron chi connectivity index (χ2n) is 13.8. The second-order valence-corrected chi connectivity index (χ2v) is 15.8. The van der Waals surface area contributed by atoms with Gasteiger partial charge in [-0.3, -0.25) is 44.1 Å². The summed E-state index contributed by atoms with van der Waals surface area (Å²) in [5, 5.41) is 36.7. The summed E-state index contributed by atoms with van der Waals surface area (Å²) in [5.41, 5.74) is -0.706. The zero-order valence-corrected chi connectivity index (χ0v) is 31.2. The van der Waals surface area contributed by atoms with Gasteiger partial charge in [0.15, 0.2) is 5.54 Å². The average molecular weight is 823 g/mol. The van der Waals surface area contributed by atoms with E-state index in [0.29, 0.717) is 16.7 Å². The Morgan fingerprint density at radius 2 is 1.26 bits per heavy atom. The van der Waals surface area contributed by atoms with Crippen LogP contribution in [-0.4, -0.2) is 81.5 Å². The lowest BCUT2D eigenvalue weighted by molar-refractivity contribution is -0.385. The number of nitrogens with zero attached hydrogens (tertiary/aromatic N) is 4. The van der Waals surface area contributed by atoms with Crippen LogP contribution >= 0.6 is 0 Å². The number of fused-ring (bicyclic) bond motifs is 3. The van der Waals surface area contributed by atoms with Crippen molar-refractivity contribution < 1.29 is 57.2 Å². The highest BCUT2D eigenvalue weighted by Crippen LogP contribution is 2.66. The van der Waals surface area contributed by atoms with Gasteiger partial charge in [0.05, 0.1) is 30.3 Å². The summed E-state index contributed by atoms with van der Waals surface area (Å²) >= 11 is 0. The molecule has 2 saturated heterocycles. The third-order valence-electron chi connectivity index (χ3n) is 10.2. The lowest BCUT2D eigenvalue weighted by Crippen LogP contribution is -2.73. The van der Waals surface area contributed by atoms with E-state index in [2.05, 4.69) is 10.6 Å². The first-order valence-corrected chi connectivity index (χ1v) is 18.8. The number of esters is 2. The van der Waals surface area contributed by atoms with Gasteiger partial charge in [-0.25, -0.2) is 14.4 Å². The van der Waals surface area contributed by atoms with Crippen LogP contribution in [0.15, 0.2) is 72.8 Å². The molecule has 0 spiro atoms. The Bertz CT molecular complexity index is 2200. The minimum absolute atomic E-state index is 0.0270. The molecular formula is C36H34N6O15S. The van der Waals surface area contributed by atoms with Crippen molar-refractivity contribution in [2.75, 3.05) is 0 Å². The van der Waals surface area contributed by atoms with Crippen LogP contribution in [0.3, 0.4) is 0 Å². The molecule has 0 aromatic heterocycles. The molecule has 3 aromatic carbocycles. The highest BCUT2D eigenvalue weighted by Gasteiger charge is 2.88. The average Bonchev–Trinajstić information content (AvgIpc) is 3.80. The number of benzene rings is 3. The number of nitro groups is 3. The molecule has 1 saturated carbocycles. The highest BCUT2D eigenvalue weighted by molar-refractivity contribution is 7.88. The quantitative estimate of drug-likeness (QED) is 0.0651. The van der Waals surface area contributed by atoms with Gasteiger partial charge in [0.25, 0.3) is 17.1 Å². The molecule has 2 heterocycles. The predicted molar refractivity (Wildman–Crippen MR) is 196 cm³/mol. The molecule has 3 aliphatic rings. The summed E-state index contributed by atoms with van der Waals surface area (Å²) in [6.07, 6.45) is -1.40. The van der Waals surface area contributed by atoms with Gasteiger partial charge in [-0.15, -0.1) is 0 Å². The normalized spacial score (nSPS) is 22.9. The molecule has 2 N–H and O–H groups in total. The van der Waals surface area contributed by atoms with Gasteiger partial charge in [-0.05, 0) is 72.9 Å². The van der Waals surface area contributed by atoms with Crippen LogP contribution in [0.1, 0.15) is 49.3 Å². The number of amides is 3. The third kappa shape index (κ3) is 8.03. The summed E-state index contributed by atoms with van der Waals surface area (Å²) in [7, 11) is -1.77. The molecule has 2 aliphatic heterocycles. The lowest BCUT2D eigenvalue weighted by atomic mass is 10.00. The van der Waals surface area contributed by atoms with E-state index in [1.807, 2.05) is 0 Å². The number of nitrogens with one attached hydrogen (secondary N) is 2. The number of nitro benzene ring substituents is 3. The Morgan fingerprint density at radius 3 is 1.74 bits per heavy atom. The number of carbonyl (C=O) groups is 5. The van der Waals surface area contributed by atoms with E-state index in [-0.39, 0.29) is 62.6 Å². The number of β-lactam (4-membered cyclic amide) rings is 1. The molecule has 1 aliphatic carbocycles. The van der Waals surface area contributed by atoms with Gasteiger partial charge in [0, 0.05) is 49.2 Å². The fourth-order valence-corrected chi connectivity index (χ4v) is 9.16. The van der Waals surface area contributed by atoms with Gasteiger partial charge in [-0.1, -0.05) is 0 Å². The molecule has 58 heavy (non-hydrogen) atoms. The molecule has 22 heteroatoms. The van der Waals surface area contributed by atoms with E-state index in [9.17, 15) is 58.5 Å². The smallest absolute Gasteiger partial charge is 0.408 e. The van der Waals surface area contributed by atoms with Crippen molar-refractivity contribution in [2.24, 2.45) is 0 Å². The van der Waals surface area contributed by atoms with E-state index < -0.39 is 83.2 Å². The maximum absolute atomic E-state index is 13.6. The van der Waals surface area contributed by atoms with Crippen LogP contribution in [0.2, 0.25) is 0 Å². The van der Waals surface area contributed by atoms with Crippen LogP contribution in [0, 0.1) is 30.3 Å². The third-order valence-corrected chi connectivity index (χ3v) is 12.4. The maximum atomic E-state index is 13.6. The summed E-state index contributed by atoms with van der Waals surface area (Å²) in [6, 6.07) is 13.2. The van der Waals surface area contributed by atoms with Crippen molar-refractivity contribution in [3.63, 3.8) is 0 Å². The fraction of sp³-hybridized carbons (Fsp3) is 0.361. The standard InChI is InChI=1S/C36H34N6O15S/c1-35-20-36(35,33(46)56-18-22-7-13-25(14-8-22)41(50)51)39-30(44)29(31(39)58(35)54)38-28(43)4-2-3-27(32(45)55-17-21-5-11-24(12-6-21)40(48)49)37-34(47)57-19-23-9-15-26(16-10-23)42(52)53/h5-16,27,29,31H,2-4,17-20H2,1H3,(H,37,47)(H,38,43)/t27-,29-,31-,35+,36+,58?/m1/s1. The fourth-order valence-electron chi connectivity index (χ4n) is 6.86. The van der Waals surface area contributed by atoms with Gasteiger partial charge in [0.2, 0.25) is 11.8 Å². The number of non-ortho nitro benzene ring substituents is 3. The van der Waals surface area contributed by atoms with Gasteiger partial charge in [-0.2, -0.15) is 0 Å². The van der Waals surface area contributed by atoms with Crippen molar-refractivity contribution in [1.82, 2.24) is 15.5 Å². The zero-order valence-electron chi connectivity index (χ0n) is 30.4. The molecule has 1 unspecified atom stereocenters. The van der Waals surface area contributed by atoms with Crippen molar-refractivity contribution in [1.29, 1.82) is 0 Å². The van der Waals surface area contributed by atoms with E-state index in [1.165, 1.54) is 77.7 Å². The van der Waals surface area contributed by atoms with E-state index in [0.717, 1.165) is 0 Å². The molecule has 6 rings (SSSR count). The van der Waals surface area contributed by atoms with Crippen LogP contribution < -0.4 is 10.6 Å². The Morgan fingerprint density at radius 1 is 0.793 bits per heavy atom. The van der Waals surface area contributed by atoms with Gasteiger partial charge >= 0.3 is 18.0 Å². The maximum Gasteiger partial charge on any atom is 0.408 e. The van der Waals surface area contributed by atoms with Crippen LogP contribution in [0.4, 0.5) is 21.9 Å². The van der Waals surface area contributed by atoms with E-state index in [4.69, 9.17) is 14.2 Å². The minimum Gasteiger partial charge on any atom is -0.459 e. The lowest BCUT2D eigenvalue weighted by Gasteiger charge is -2.45. The van der Waals surface area contributed by atoms with E-state index >= 15 is 0 Å². The number of alkyl carbamates (subject to hydrolysis) is 1. The predicted octanol–water partition coefficient (Wildman–Crippen LogP) is 2.98. The van der Waals surface area contributed by atoms with Crippen LogP contribution in [0.25, 0.3) is 0 Å². The number of hydrogen-bond donors (Lipinski definition) is 2. The van der Waals surface area contributed by atoms with Crippen molar-refractivity contribution in [2.45, 2.75) is 80.2 Å². The largest absolute Gasteiger partial charge is 0.459 e. The Balaban J connectivity index is 1.03. The summed E-state index contributed by atoms with van der Waals surface area (Å²) in [4.78, 5) is 97.8. The number of rotatable bonds is 17. The SMILES string of the molecule is C[C@]12C[C@@]1(C(=O)OCc1ccc([N+](=O)[O-])cc1)N1C(=O)[C@@H](NC(=O)CCC[C@@H](NC(=O)OCc3ccc([N+](=O)[O-])cc3)C(=O)OCc3ccc([N+](=O)[O-])cc3)[C@H]1S2=O. The van der Waals surface area contributed by atoms with Gasteiger partial charge < -0.3 is 29.7 Å². The van der Waals surface area contributed by atoms with Gasteiger partial charge in [0.1, 0.15) is 37.3 Å². The topological polar surface area (TPSA) is 287 Å². The summed E-state index contributed by atoms with van der Waals surface area (Å²) in [6.45, 7) is 0.735. The Hall–Kier alpha value is -6.84. The van der Waals surface area contributed by atoms with E-state index in [1.54, 1.807) is 6.92 Å². The van der Waals surface area contributed by atoms with Crippen molar-refractivity contribution in [3.8, 4) is 0 Å². The molecule has 0 bridgehead atoms. The Kier molecular flexibility index (Phi) is 11.5. The molecule has 6 atom stereocenters. The molecular weight excluding hydrogens is 788 g/mol.